The van der Waals surface area contributed by atoms with Gasteiger partial charge in [0.05, 0.1) is 20.1 Å². The number of aliphatic hydroxyl groups is 1. The Morgan fingerprint density at radius 2 is 1.62 bits per heavy atom. The van der Waals surface area contributed by atoms with Gasteiger partial charge in [0.15, 0.2) is 6.61 Å². The highest BCUT2D eigenvalue weighted by Gasteiger charge is 2.39. The van der Waals surface area contributed by atoms with Crippen molar-refractivity contribution >= 4 is 41.5 Å². The molecule has 242 valence electrons. The summed E-state index contributed by atoms with van der Waals surface area (Å²) in [5.74, 6) is -0.397. The molecule has 0 bridgehead atoms. The summed E-state index contributed by atoms with van der Waals surface area (Å²) in [5, 5.41) is 16.9. The molecular weight excluding hydrogens is 600 g/mol. The van der Waals surface area contributed by atoms with Crippen LogP contribution in [-0.4, -0.2) is 72.2 Å². The molecular formula is C33H40N2O9S. The van der Waals surface area contributed by atoms with E-state index in [1.165, 1.54) is 21.0 Å². The fraction of sp³-hybridized carbons (Fsp3) is 0.424. The largest absolute Gasteiger partial charge is 0.466 e. The van der Waals surface area contributed by atoms with E-state index >= 15 is 0 Å². The fourth-order valence-electron chi connectivity index (χ4n) is 4.27. The quantitative estimate of drug-likeness (QED) is 0.0772. The van der Waals surface area contributed by atoms with Crippen LogP contribution in [-0.2, 0) is 44.6 Å². The molecule has 0 saturated heterocycles. The van der Waals surface area contributed by atoms with Crippen molar-refractivity contribution in [3.63, 3.8) is 0 Å². The summed E-state index contributed by atoms with van der Waals surface area (Å²) in [6.45, 7) is 3.84. The van der Waals surface area contributed by atoms with E-state index < -0.39 is 47.5 Å². The number of nitrogens with one attached hydrogen (secondary N) is 2. The standard InChI is InChI=1S/C33H40N2O9S/c1-6-25-9-11-26(12-10-25)19-30(38)34-20-28(44-24(4)37)14-13-27(35-31(39)21-43-23(3)36)17-18-33(41,32(40)42-5)45-29-15-7-22(2)8-16-29/h1,7-12,15-16,27-28,41H,13-14,17-21H2,2-5H3,(H,34,38)(H,35,39)/t27?,28?,33-/m1/s1. The van der Waals surface area contributed by atoms with Crippen molar-refractivity contribution in [3.05, 3.63) is 65.2 Å². The first kappa shape index (κ1) is 36.8. The van der Waals surface area contributed by atoms with Crippen LogP contribution in [0.25, 0.3) is 0 Å². The lowest BCUT2D eigenvalue weighted by Crippen LogP contribution is -2.42. The van der Waals surface area contributed by atoms with Crippen molar-refractivity contribution in [1.82, 2.24) is 10.6 Å². The molecule has 0 radical (unpaired) electrons. The first-order chi connectivity index (χ1) is 21.3. The maximum absolute atomic E-state index is 12.7. The van der Waals surface area contributed by atoms with Gasteiger partial charge in [0.2, 0.25) is 10.8 Å². The Balaban J connectivity index is 2.12. The summed E-state index contributed by atoms with van der Waals surface area (Å²) in [5.41, 5.74) is 2.46. The Morgan fingerprint density at radius 1 is 0.956 bits per heavy atom. The van der Waals surface area contributed by atoms with Crippen LogP contribution >= 0.6 is 11.8 Å². The maximum Gasteiger partial charge on any atom is 0.348 e. The number of thioether (sulfide) groups is 1. The number of ether oxygens (including phenoxy) is 3. The van der Waals surface area contributed by atoms with Crippen LogP contribution in [0.4, 0.5) is 0 Å². The molecule has 11 nitrogen and oxygen atoms in total. The van der Waals surface area contributed by atoms with Gasteiger partial charge in [-0.3, -0.25) is 19.2 Å². The van der Waals surface area contributed by atoms with Crippen LogP contribution in [0, 0.1) is 19.3 Å². The summed E-state index contributed by atoms with van der Waals surface area (Å²) in [4.78, 5) is 59.5. The molecule has 0 aliphatic carbocycles. The molecule has 3 atom stereocenters. The van der Waals surface area contributed by atoms with Gasteiger partial charge in [-0.25, -0.2) is 4.79 Å². The summed E-state index contributed by atoms with van der Waals surface area (Å²) in [7, 11) is 1.17. The fourth-order valence-corrected chi connectivity index (χ4v) is 5.32. The van der Waals surface area contributed by atoms with Crippen LogP contribution < -0.4 is 10.6 Å². The lowest BCUT2D eigenvalue weighted by atomic mass is 10.0. The van der Waals surface area contributed by atoms with Gasteiger partial charge < -0.3 is 30.0 Å². The lowest BCUT2D eigenvalue weighted by Gasteiger charge is -2.28. The number of methoxy groups -OCH3 is 1. The predicted octanol–water partition coefficient (Wildman–Crippen LogP) is 2.83. The normalized spacial score (nSPS) is 13.2. The van der Waals surface area contributed by atoms with Crippen molar-refractivity contribution in [2.24, 2.45) is 0 Å². The first-order valence-electron chi connectivity index (χ1n) is 14.3. The molecule has 0 spiro atoms. The maximum atomic E-state index is 12.7. The second-order valence-corrected chi connectivity index (χ2v) is 11.8. The topological polar surface area (TPSA) is 157 Å². The summed E-state index contributed by atoms with van der Waals surface area (Å²) >= 11 is 0.927. The van der Waals surface area contributed by atoms with Gasteiger partial charge >= 0.3 is 17.9 Å². The lowest BCUT2D eigenvalue weighted by molar-refractivity contribution is -0.154. The molecule has 0 aliphatic heterocycles. The van der Waals surface area contributed by atoms with E-state index in [-0.39, 0.29) is 44.6 Å². The number of terminal acetylenes is 1. The number of benzene rings is 2. The van der Waals surface area contributed by atoms with Crippen LogP contribution in [0.2, 0.25) is 0 Å². The molecule has 2 aromatic rings. The molecule has 2 amide bonds. The highest BCUT2D eigenvalue weighted by molar-refractivity contribution is 8.01. The van der Waals surface area contributed by atoms with Gasteiger partial charge in [-0.1, -0.05) is 47.5 Å². The van der Waals surface area contributed by atoms with Crippen molar-refractivity contribution in [3.8, 4) is 12.3 Å². The van der Waals surface area contributed by atoms with E-state index in [4.69, 9.17) is 20.6 Å². The molecule has 2 unspecified atom stereocenters. The SMILES string of the molecule is C#Cc1ccc(CC(=O)NCC(CCC(CC[C@@](O)(Sc2ccc(C)cc2)C(=O)OC)NC(=O)COC(C)=O)OC(C)=O)cc1. The van der Waals surface area contributed by atoms with Gasteiger partial charge in [0, 0.05) is 30.3 Å². The molecule has 2 aromatic carbocycles. The molecule has 12 heteroatoms. The predicted molar refractivity (Wildman–Crippen MR) is 168 cm³/mol. The molecule has 0 aromatic heterocycles. The summed E-state index contributed by atoms with van der Waals surface area (Å²) in [6.07, 6.45) is 5.20. The molecule has 0 saturated carbocycles. The number of hydrogen-bond donors (Lipinski definition) is 3. The Morgan fingerprint density at radius 3 is 2.20 bits per heavy atom. The van der Waals surface area contributed by atoms with Crippen molar-refractivity contribution in [2.45, 2.75) is 74.8 Å². The average Bonchev–Trinajstić information content (AvgIpc) is 3.00. The van der Waals surface area contributed by atoms with E-state index in [2.05, 4.69) is 16.6 Å². The number of amides is 2. The van der Waals surface area contributed by atoms with Crippen LogP contribution in [0.3, 0.4) is 0 Å². The van der Waals surface area contributed by atoms with Gasteiger partial charge in [0.25, 0.3) is 5.91 Å². The summed E-state index contributed by atoms with van der Waals surface area (Å²) in [6, 6.07) is 13.6. The average molecular weight is 641 g/mol. The second-order valence-electron chi connectivity index (χ2n) is 10.4. The zero-order valence-corrected chi connectivity index (χ0v) is 26.7. The Bertz CT molecular complexity index is 1360. The zero-order chi connectivity index (χ0) is 33.4. The number of aryl methyl sites for hydroxylation is 1. The highest BCUT2D eigenvalue weighted by Crippen LogP contribution is 2.36. The Hall–Kier alpha value is -4.34. The van der Waals surface area contributed by atoms with E-state index in [1.54, 1.807) is 36.4 Å². The number of hydrogen-bond acceptors (Lipinski definition) is 10. The number of carbonyl (C=O) groups excluding carboxylic acids is 5. The zero-order valence-electron chi connectivity index (χ0n) is 25.9. The van der Waals surface area contributed by atoms with E-state index in [0.717, 1.165) is 22.9 Å². The highest BCUT2D eigenvalue weighted by atomic mass is 32.2. The third-order valence-electron chi connectivity index (χ3n) is 6.60. The third-order valence-corrected chi connectivity index (χ3v) is 7.81. The molecule has 0 heterocycles. The van der Waals surface area contributed by atoms with Gasteiger partial charge in [-0.2, -0.15) is 0 Å². The summed E-state index contributed by atoms with van der Waals surface area (Å²) < 4.78 is 15.1. The van der Waals surface area contributed by atoms with E-state index in [0.29, 0.717) is 10.5 Å². The van der Waals surface area contributed by atoms with E-state index in [9.17, 15) is 29.1 Å². The molecule has 0 aliphatic rings. The Kier molecular flexibility index (Phi) is 15.1. The molecule has 0 fully saturated rings. The smallest absolute Gasteiger partial charge is 0.348 e. The molecule has 3 N–H and O–H groups in total. The minimum Gasteiger partial charge on any atom is -0.466 e. The Labute approximate surface area is 267 Å². The number of rotatable bonds is 17. The van der Waals surface area contributed by atoms with Crippen molar-refractivity contribution in [2.75, 3.05) is 20.3 Å². The minimum absolute atomic E-state index is 0.0182. The van der Waals surface area contributed by atoms with Crippen LogP contribution in [0.5, 0.6) is 0 Å². The van der Waals surface area contributed by atoms with Gasteiger partial charge in [-0.15, -0.1) is 6.42 Å². The molecule has 2 rings (SSSR count). The van der Waals surface area contributed by atoms with Crippen LogP contribution in [0.1, 0.15) is 56.2 Å². The molecule has 45 heavy (non-hydrogen) atoms. The third kappa shape index (κ3) is 13.9. The van der Waals surface area contributed by atoms with Gasteiger partial charge in [-0.05, 0) is 62.4 Å². The number of esters is 3. The van der Waals surface area contributed by atoms with Crippen molar-refractivity contribution < 1.29 is 43.3 Å². The second kappa shape index (κ2) is 18.5. The van der Waals surface area contributed by atoms with Crippen molar-refractivity contribution in [1.29, 1.82) is 0 Å². The van der Waals surface area contributed by atoms with Crippen LogP contribution in [0.15, 0.2) is 53.4 Å². The minimum atomic E-state index is -1.97. The number of carbonyl (C=O) groups is 5. The van der Waals surface area contributed by atoms with Gasteiger partial charge in [0.1, 0.15) is 6.10 Å². The monoisotopic (exact) mass is 640 g/mol. The first-order valence-corrected chi connectivity index (χ1v) is 15.1. The van der Waals surface area contributed by atoms with E-state index in [1.807, 2.05) is 19.1 Å².